The van der Waals surface area contributed by atoms with E-state index >= 15 is 4.39 Å². The Labute approximate surface area is 406 Å². The molecule has 6 aromatic rings. The molecule has 6 aromatic carbocycles. The van der Waals surface area contributed by atoms with Crippen LogP contribution in [0.1, 0.15) is 99.7 Å². The maximum absolute atomic E-state index is 16.0. The summed E-state index contributed by atoms with van der Waals surface area (Å²) in [5, 5.41) is 11.6. The zero-order chi connectivity index (χ0) is 48.3. The molecule has 0 aliphatic heterocycles. The molecule has 0 aliphatic rings. The zero-order valence-electron chi connectivity index (χ0n) is 40.4. The molecule has 10 heteroatoms. The summed E-state index contributed by atoms with van der Waals surface area (Å²) in [6, 6.07) is 36.1. The molecule has 1 N–H and O–H groups in total. The molecule has 0 atom stereocenters. The van der Waals surface area contributed by atoms with Crippen molar-refractivity contribution in [3.63, 3.8) is 0 Å². The van der Waals surface area contributed by atoms with Gasteiger partial charge in [-0.3, -0.25) is 4.90 Å². The van der Waals surface area contributed by atoms with Gasteiger partial charge in [-0.15, -0.1) is 11.8 Å². The van der Waals surface area contributed by atoms with Gasteiger partial charge in [0.05, 0.1) is 23.9 Å². The number of hydrogen-bond donors (Lipinski definition) is 1. The van der Waals surface area contributed by atoms with Gasteiger partial charge in [-0.05, 0) is 170 Å². The fourth-order valence-electron chi connectivity index (χ4n) is 8.85. The minimum atomic E-state index is -1.18. The number of aryl methyl sites for hydroxylation is 4. The largest absolute Gasteiger partial charge is 0.494 e. The Hall–Kier alpha value is -5.64. The molecule has 7 nitrogen and oxygen atoms in total. The number of ether oxygens (including phenoxy) is 4. The Kier molecular flexibility index (Phi) is 17.4. The summed E-state index contributed by atoms with van der Waals surface area (Å²) in [4.78, 5) is 15.6. The zero-order valence-corrected chi connectivity index (χ0v) is 42.0. The van der Waals surface area contributed by atoms with Crippen molar-refractivity contribution >= 4 is 35.1 Å². The highest BCUT2D eigenvalue weighted by Crippen LogP contribution is 2.42. The Morgan fingerprint density at radius 1 is 0.716 bits per heavy atom. The third kappa shape index (κ3) is 13.3. The predicted octanol–water partition coefficient (Wildman–Crippen LogP) is 16.3. The number of hydrogen-bond acceptors (Lipinski definition) is 6. The number of anilines is 1. The lowest BCUT2D eigenvalue weighted by Gasteiger charge is -2.29. The average molecular weight is 947 g/mol. The summed E-state index contributed by atoms with van der Waals surface area (Å²) in [5.74, 6) is 3.55. The van der Waals surface area contributed by atoms with Crippen molar-refractivity contribution in [3.8, 4) is 34.5 Å². The van der Waals surface area contributed by atoms with Crippen molar-refractivity contribution in [3.05, 3.63) is 165 Å². The summed E-state index contributed by atoms with van der Waals surface area (Å²) in [6.45, 7) is 20.2. The van der Waals surface area contributed by atoms with E-state index in [1.54, 1.807) is 42.1 Å². The molecule has 0 fully saturated rings. The third-order valence-electron chi connectivity index (χ3n) is 12.0. The van der Waals surface area contributed by atoms with E-state index in [9.17, 15) is 9.90 Å². The van der Waals surface area contributed by atoms with E-state index in [-0.39, 0.29) is 28.8 Å². The predicted molar refractivity (Wildman–Crippen MR) is 274 cm³/mol. The molecule has 0 radical (unpaired) electrons. The SMILES string of the molecule is CCOc1ccc(C(C)(C)CCCc2ccc(F)c(Oc3ccccc3)c2N(CCCc2cc(SCCOc3c(C)cc(Oc4ccccc4)cc3C)c(Cl)c(C)c2C(C)(C)C)C(=O)O)cc1. The monoisotopic (exact) mass is 945 g/mol. The van der Waals surface area contributed by atoms with E-state index in [0.717, 1.165) is 68.6 Å². The minimum absolute atomic E-state index is 0.0997. The van der Waals surface area contributed by atoms with Crippen LogP contribution in [-0.4, -0.2) is 36.7 Å². The Bertz CT molecular complexity index is 2570. The standard InChI is InChI=1S/C57H65ClFNO6S/c1-10-63-44-28-26-43(27-29-44)57(8,9)31-17-19-41-25-30-48(59)54(66-46-23-15-12-16-24-46)52(41)60(55(61)62)32-18-20-42-37-49(51(58)40(4)50(42)56(5,6)7)67-34-33-64-53-38(2)35-47(36-39(53)3)65-45-21-13-11-14-22-45/h11-16,21-30,35-37H,10,17-20,31-34H2,1-9H3,(H,61,62). The number of carboxylic acid groups (broad SMARTS) is 1. The normalized spacial score (nSPS) is 11.6. The summed E-state index contributed by atoms with van der Waals surface area (Å²) >= 11 is 8.77. The van der Waals surface area contributed by atoms with Gasteiger partial charge in [-0.1, -0.05) is 101 Å². The van der Waals surface area contributed by atoms with Crippen LogP contribution < -0.4 is 23.8 Å². The quantitative estimate of drug-likeness (QED) is 0.0569. The molecule has 1 amide bonds. The lowest BCUT2D eigenvalue weighted by molar-refractivity contribution is 0.201. The fourth-order valence-corrected chi connectivity index (χ4v) is 10.1. The van der Waals surface area contributed by atoms with E-state index in [1.807, 2.05) is 81.4 Å². The maximum Gasteiger partial charge on any atom is 0.411 e. The highest BCUT2D eigenvalue weighted by molar-refractivity contribution is 7.99. The number of benzene rings is 6. The summed E-state index contributed by atoms with van der Waals surface area (Å²) in [7, 11) is 0. The second kappa shape index (κ2) is 22.9. The summed E-state index contributed by atoms with van der Waals surface area (Å²) in [5.41, 5.74) is 6.93. The molecular formula is C57H65ClFNO6S. The number of nitrogens with zero attached hydrogens (tertiary/aromatic N) is 1. The number of para-hydroxylation sites is 2. The summed E-state index contributed by atoms with van der Waals surface area (Å²) < 4.78 is 40.3. The van der Waals surface area contributed by atoms with Crippen LogP contribution in [0.3, 0.4) is 0 Å². The van der Waals surface area contributed by atoms with Crippen molar-refractivity contribution in [2.45, 2.75) is 110 Å². The van der Waals surface area contributed by atoms with Crippen LogP contribution >= 0.6 is 23.4 Å². The van der Waals surface area contributed by atoms with Crippen LogP contribution in [-0.2, 0) is 23.7 Å². The number of thioether (sulfide) groups is 1. The second-order valence-corrected chi connectivity index (χ2v) is 20.1. The van der Waals surface area contributed by atoms with Crippen LogP contribution in [0.5, 0.6) is 34.5 Å². The first-order valence-electron chi connectivity index (χ1n) is 23.2. The molecule has 0 spiro atoms. The van der Waals surface area contributed by atoms with Crippen LogP contribution in [0, 0.1) is 26.6 Å². The van der Waals surface area contributed by atoms with Gasteiger partial charge in [-0.2, -0.15) is 0 Å². The molecule has 0 aromatic heterocycles. The Morgan fingerprint density at radius 2 is 1.33 bits per heavy atom. The van der Waals surface area contributed by atoms with Crippen molar-refractivity contribution in [2.75, 3.05) is 30.4 Å². The number of carbonyl (C=O) groups is 1. The lowest BCUT2D eigenvalue weighted by atomic mass is 9.79. The Balaban J connectivity index is 1.20. The van der Waals surface area contributed by atoms with E-state index in [2.05, 4.69) is 59.7 Å². The van der Waals surface area contributed by atoms with E-state index in [4.69, 9.17) is 30.5 Å². The van der Waals surface area contributed by atoms with E-state index < -0.39 is 11.9 Å². The molecule has 354 valence electrons. The molecule has 67 heavy (non-hydrogen) atoms. The van der Waals surface area contributed by atoms with Gasteiger partial charge in [0, 0.05) is 17.2 Å². The van der Waals surface area contributed by atoms with Crippen molar-refractivity contribution in [1.82, 2.24) is 0 Å². The van der Waals surface area contributed by atoms with Crippen LogP contribution in [0.25, 0.3) is 0 Å². The molecule has 0 unspecified atom stereocenters. The first-order chi connectivity index (χ1) is 32.0. The minimum Gasteiger partial charge on any atom is -0.494 e. The highest BCUT2D eigenvalue weighted by atomic mass is 35.5. The first-order valence-corrected chi connectivity index (χ1v) is 24.5. The molecule has 6 rings (SSSR count). The second-order valence-electron chi connectivity index (χ2n) is 18.6. The summed E-state index contributed by atoms with van der Waals surface area (Å²) in [6.07, 6.45) is 1.93. The first kappa shape index (κ1) is 50.8. The van der Waals surface area contributed by atoms with Crippen molar-refractivity contribution in [1.29, 1.82) is 0 Å². The number of amides is 1. The van der Waals surface area contributed by atoms with Crippen LogP contribution in [0.2, 0.25) is 5.02 Å². The van der Waals surface area contributed by atoms with Crippen LogP contribution in [0.15, 0.2) is 120 Å². The third-order valence-corrected chi connectivity index (χ3v) is 13.6. The molecule has 0 aliphatic carbocycles. The topological polar surface area (TPSA) is 77.5 Å². The Morgan fingerprint density at radius 3 is 1.93 bits per heavy atom. The van der Waals surface area contributed by atoms with Gasteiger partial charge in [0.2, 0.25) is 0 Å². The smallest absolute Gasteiger partial charge is 0.411 e. The van der Waals surface area contributed by atoms with Gasteiger partial charge in [-0.25, -0.2) is 9.18 Å². The maximum atomic E-state index is 16.0. The number of rotatable bonds is 21. The number of halogens is 2. The molecular weight excluding hydrogens is 881 g/mol. The van der Waals surface area contributed by atoms with Gasteiger partial charge >= 0.3 is 6.09 Å². The molecule has 0 saturated carbocycles. The highest BCUT2D eigenvalue weighted by Gasteiger charge is 2.29. The van der Waals surface area contributed by atoms with E-state index in [0.29, 0.717) is 54.6 Å². The lowest BCUT2D eigenvalue weighted by Crippen LogP contribution is -2.32. The van der Waals surface area contributed by atoms with E-state index in [1.165, 1.54) is 16.5 Å². The van der Waals surface area contributed by atoms with Crippen molar-refractivity contribution < 1.29 is 33.2 Å². The van der Waals surface area contributed by atoms with Gasteiger partial charge in [0.1, 0.15) is 28.7 Å². The van der Waals surface area contributed by atoms with Gasteiger partial charge in [0.25, 0.3) is 0 Å². The van der Waals surface area contributed by atoms with Crippen molar-refractivity contribution in [2.24, 2.45) is 0 Å². The molecule has 0 saturated heterocycles. The average Bonchev–Trinajstić information content (AvgIpc) is 3.28. The van der Waals surface area contributed by atoms with Gasteiger partial charge < -0.3 is 24.1 Å². The van der Waals surface area contributed by atoms with Crippen LogP contribution in [0.4, 0.5) is 14.9 Å². The molecule has 0 bridgehead atoms. The fraction of sp³-hybridized carbons (Fsp3) is 0.351. The van der Waals surface area contributed by atoms with Gasteiger partial charge in [0.15, 0.2) is 11.6 Å². The molecule has 0 heterocycles.